The van der Waals surface area contributed by atoms with E-state index in [1.807, 2.05) is 84.9 Å². The molecule has 0 radical (unpaired) electrons. The van der Waals surface area contributed by atoms with Gasteiger partial charge in [0.15, 0.2) is 0 Å². The molecule has 0 saturated carbocycles. The van der Waals surface area contributed by atoms with Gasteiger partial charge in [-0.2, -0.15) is 10.2 Å². The van der Waals surface area contributed by atoms with E-state index in [9.17, 15) is 0 Å². The van der Waals surface area contributed by atoms with Crippen molar-refractivity contribution in [2.45, 2.75) is 0 Å². The van der Waals surface area contributed by atoms with Gasteiger partial charge in [0.25, 0.3) is 0 Å². The summed E-state index contributed by atoms with van der Waals surface area (Å²) >= 11 is 0. The first-order valence-electron chi connectivity index (χ1n) is 9.33. The highest BCUT2D eigenvalue weighted by molar-refractivity contribution is 5.48. The van der Waals surface area contributed by atoms with Crippen molar-refractivity contribution in [3.8, 4) is 23.7 Å². The smallest absolute Gasteiger partial charge is 0.113 e. The molecule has 0 aliphatic carbocycles. The monoisotopic (exact) mass is 384 g/mol. The Kier molecular flexibility index (Phi) is 6.01. The summed E-state index contributed by atoms with van der Waals surface area (Å²) < 4.78 is 0. The topological polar surface area (TPSA) is 50.5 Å². The molecule has 2 aromatic carbocycles. The molecule has 0 amide bonds. The summed E-state index contributed by atoms with van der Waals surface area (Å²) in [5.41, 5.74) is 4.81. The van der Waals surface area contributed by atoms with Crippen molar-refractivity contribution >= 4 is 11.4 Å². The van der Waals surface area contributed by atoms with Crippen LogP contribution in [-0.2, 0) is 0 Å². The Morgan fingerprint density at radius 2 is 0.900 bits per heavy atom. The molecule has 0 aliphatic heterocycles. The highest BCUT2D eigenvalue weighted by Crippen LogP contribution is 2.19. The Morgan fingerprint density at radius 1 is 0.467 bits per heavy atom. The van der Waals surface area contributed by atoms with Gasteiger partial charge in [-0.3, -0.25) is 0 Å². The first-order valence-corrected chi connectivity index (χ1v) is 9.33. The zero-order chi connectivity index (χ0) is 20.4. The van der Waals surface area contributed by atoms with E-state index in [4.69, 9.17) is 0 Å². The maximum absolute atomic E-state index is 4.28. The van der Waals surface area contributed by atoms with Crippen LogP contribution in [0.1, 0.15) is 22.5 Å². The van der Waals surface area contributed by atoms with E-state index in [-0.39, 0.29) is 0 Å². The van der Waals surface area contributed by atoms with E-state index < -0.39 is 0 Å². The van der Waals surface area contributed by atoms with E-state index in [1.54, 1.807) is 12.4 Å². The lowest BCUT2D eigenvalue weighted by atomic mass is 10.2. The van der Waals surface area contributed by atoms with Crippen molar-refractivity contribution in [2.75, 3.05) is 0 Å². The number of hydrogen-bond donors (Lipinski definition) is 0. The predicted octanol–water partition coefficient (Wildman–Crippen LogP) is 5.69. The number of aromatic nitrogens is 2. The SMILES string of the molecule is C(#Cc1ccccn1)c1ccc(N=Nc2ccc(C#Cc3ccccn3)cc2)cc1. The molecule has 2 aromatic heterocycles. The molecule has 4 nitrogen and oxygen atoms in total. The number of azo groups is 1. The van der Waals surface area contributed by atoms with Gasteiger partial charge in [0.2, 0.25) is 0 Å². The zero-order valence-electron chi connectivity index (χ0n) is 16.0. The van der Waals surface area contributed by atoms with Crippen molar-refractivity contribution in [2.24, 2.45) is 10.2 Å². The summed E-state index contributed by atoms with van der Waals surface area (Å²) in [6.45, 7) is 0. The van der Waals surface area contributed by atoms with Crippen LogP contribution in [0.4, 0.5) is 11.4 Å². The first kappa shape index (κ1) is 18.8. The number of pyridine rings is 2. The molecule has 0 bridgehead atoms. The lowest BCUT2D eigenvalue weighted by Crippen LogP contribution is -1.79. The molecule has 4 heteroatoms. The first-order chi connectivity index (χ1) is 14.8. The quantitative estimate of drug-likeness (QED) is 0.329. The molecule has 0 aliphatic rings. The number of hydrogen-bond acceptors (Lipinski definition) is 4. The van der Waals surface area contributed by atoms with Gasteiger partial charge in [0.1, 0.15) is 11.4 Å². The fourth-order valence-electron chi connectivity index (χ4n) is 2.48. The highest BCUT2D eigenvalue weighted by Gasteiger charge is 1.94. The van der Waals surface area contributed by atoms with Gasteiger partial charge in [-0.15, -0.1) is 0 Å². The summed E-state index contributed by atoms with van der Waals surface area (Å²) in [5.74, 6) is 12.2. The molecule has 0 atom stereocenters. The molecular formula is C26H16N4. The molecule has 0 unspecified atom stereocenters. The summed E-state index contributed by atoms with van der Waals surface area (Å²) in [6.07, 6.45) is 3.46. The maximum atomic E-state index is 4.28. The largest absolute Gasteiger partial charge is 0.248 e. The molecular weight excluding hydrogens is 368 g/mol. The summed E-state index contributed by atoms with van der Waals surface area (Å²) in [4.78, 5) is 8.38. The molecule has 30 heavy (non-hydrogen) atoms. The molecule has 0 saturated heterocycles. The minimum atomic E-state index is 0.745. The maximum Gasteiger partial charge on any atom is 0.113 e. The number of nitrogens with zero attached hydrogens (tertiary/aromatic N) is 4. The van der Waals surface area contributed by atoms with Gasteiger partial charge in [-0.05, 0) is 84.6 Å². The molecule has 0 fully saturated rings. The van der Waals surface area contributed by atoms with E-state index in [2.05, 4.69) is 43.9 Å². The molecule has 4 rings (SSSR count). The molecule has 2 heterocycles. The van der Waals surface area contributed by atoms with Gasteiger partial charge in [-0.1, -0.05) is 24.0 Å². The van der Waals surface area contributed by atoms with E-state index in [1.165, 1.54) is 0 Å². The van der Waals surface area contributed by atoms with Gasteiger partial charge >= 0.3 is 0 Å². The van der Waals surface area contributed by atoms with E-state index >= 15 is 0 Å². The fraction of sp³-hybridized carbons (Fsp3) is 0. The Balaban J connectivity index is 1.39. The van der Waals surface area contributed by atoms with E-state index in [0.717, 1.165) is 33.9 Å². The van der Waals surface area contributed by atoms with Crippen LogP contribution in [0, 0.1) is 23.7 Å². The van der Waals surface area contributed by atoms with Crippen LogP contribution in [0.5, 0.6) is 0 Å². The van der Waals surface area contributed by atoms with Crippen molar-refractivity contribution in [1.29, 1.82) is 0 Å². The average Bonchev–Trinajstić information content (AvgIpc) is 2.83. The van der Waals surface area contributed by atoms with Crippen LogP contribution < -0.4 is 0 Å². The lowest BCUT2D eigenvalue weighted by Gasteiger charge is -1.95. The van der Waals surface area contributed by atoms with Crippen LogP contribution in [0.15, 0.2) is 108 Å². The predicted molar refractivity (Wildman–Crippen MR) is 117 cm³/mol. The number of benzene rings is 2. The van der Waals surface area contributed by atoms with Gasteiger partial charge in [0.05, 0.1) is 11.4 Å². The molecule has 0 spiro atoms. The highest BCUT2D eigenvalue weighted by atomic mass is 15.1. The second-order valence-corrected chi connectivity index (χ2v) is 6.22. The second-order valence-electron chi connectivity index (χ2n) is 6.22. The van der Waals surface area contributed by atoms with E-state index in [0.29, 0.717) is 0 Å². The third-order valence-corrected chi connectivity index (χ3v) is 4.02. The number of rotatable bonds is 2. The standard InChI is InChI=1S/C26H16N4/c1-3-19-27-23(5-1)13-7-21-9-15-25(16-10-21)29-30-26-17-11-22(12-18-26)8-14-24-6-2-4-20-28-24/h1-6,9-12,15-20H. The van der Waals surface area contributed by atoms with Crippen molar-refractivity contribution in [3.05, 3.63) is 120 Å². The van der Waals surface area contributed by atoms with Crippen LogP contribution >= 0.6 is 0 Å². The van der Waals surface area contributed by atoms with Gasteiger partial charge in [0, 0.05) is 23.5 Å². The third kappa shape index (κ3) is 5.48. The van der Waals surface area contributed by atoms with Crippen LogP contribution in [0.25, 0.3) is 0 Å². The van der Waals surface area contributed by atoms with Crippen LogP contribution in [0.3, 0.4) is 0 Å². The Labute approximate surface area is 175 Å². The average molecular weight is 384 g/mol. The normalized spacial score (nSPS) is 10.0. The summed E-state index contributed by atoms with van der Waals surface area (Å²) in [7, 11) is 0. The molecule has 0 N–H and O–H groups in total. The zero-order valence-corrected chi connectivity index (χ0v) is 16.0. The van der Waals surface area contributed by atoms with Crippen molar-refractivity contribution < 1.29 is 0 Å². The van der Waals surface area contributed by atoms with Gasteiger partial charge < -0.3 is 0 Å². The van der Waals surface area contributed by atoms with Crippen LogP contribution in [0.2, 0.25) is 0 Å². The molecule has 4 aromatic rings. The minimum absolute atomic E-state index is 0.745. The minimum Gasteiger partial charge on any atom is -0.248 e. The van der Waals surface area contributed by atoms with Crippen molar-refractivity contribution in [3.63, 3.8) is 0 Å². The van der Waals surface area contributed by atoms with Gasteiger partial charge in [-0.25, -0.2) is 9.97 Å². The Bertz CT molecular complexity index is 1150. The fourth-order valence-corrected chi connectivity index (χ4v) is 2.48. The summed E-state index contributed by atoms with van der Waals surface area (Å²) in [5, 5.41) is 8.56. The lowest BCUT2D eigenvalue weighted by molar-refractivity contribution is 1.23. The Morgan fingerprint density at radius 3 is 1.27 bits per heavy atom. The molecule has 140 valence electrons. The van der Waals surface area contributed by atoms with Crippen molar-refractivity contribution in [1.82, 2.24) is 9.97 Å². The third-order valence-electron chi connectivity index (χ3n) is 4.02. The second kappa shape index (κ2) is 9.59. The summed E-state index contributed by atoms with van der Waals surface area (Å²) in [6, 6.07) is 26.6. The Hall–Kier alpha value is -4.54. The van der Waals surface area contributed by atoms with Crippen LogP contribution in [-0.4, -0.2) is 9.97 Å².